The molecule has 5 nitrogen and oxygen atoms in total. The molecule has 0 aromatic heterocycles. The van der Waals surface area contributed by atoms with Crippen molar-refractivity contribution in [2.45, 2.75) is 38.9 Å². The summed E-state index contributed by atoms with van der Waals surface area (Å²) in [6, 6.07) is 16.6. The van der Waals surface area contributed by atoms with E-state index in [1.165, 1.54) is 16.7 Å². The third-order valence-electron chi connectivity index (χ3n) is 5.96. The lowest BCUT2D eigenvalue weighted by Crippen LogP contribution is -2.46. The van der Waals surface area contributed by atoms with Crippen LogP contribution in [0, 0.1) is 0 Å². The number of carbonyl (C=O) groups is 1. The fourth-order valence-corrected chi connectivity index (χ4v) is 4.23. The van der Waals surface area contributed by atoms with Crippen molar-refractivity contribution in [3.8, 4) is 0 Å². The number of fused-ring (bicyclic) bond motifs is 1. The van der Waals surface area contributed by atoms with Gasteiger partial charge in [0, 0.05) is 38.4 Å². The van der Waals surface area contributed by atoms with Gasteiger partial charge in [-0.05, 0) is 42.5 Å². The van der Waals surface area contributed by atoms with Gasteiger partial charge in [-0.3, -0.25) is 9.69 Å². The van der Waals surface area contributed by atoms with Crippen LogP contribution in [-0.2, 0) is 29.0 Å². The van der Waals surface area contributed by atoms with Gasteiger partial charge in [0.05, 0.1) is 19.3 Å². The van der Waals surface area contributed by atoms with Gasteiger partial charge < -0.3 is 15.0 Å². The van der Waals surface area contributed by atoms with Crippen LogP contribution in [0.2, 0.25) is 0 Å². The van der Waals surface area contributed by atoms with Gasteiger partial charge in [0.15, 0.2) is 0 Å². The summed E-state index contributed by atoms with van der Waals surface area (Å²) in [5.41, 5.74) is 4.93. The summed E-state index contributed by atoms with van der Waals surface area (Å²) < 4.78 is 5.46. The van der Waals surface area contributed by atoms with Gasteiger partial charge >= 0.3 is 0 Å². The first-order chi connectivity index (χ1) is 14.2. The maximum atomic E-state index is 13.1. The predicted octanol–water partition coefficient (Wildman–Crippen LogP) is 2.98. The summed E-state index contributed by atoms with van der Waals surface area (Å²) in [7, 11) is 0. The van der Waals surface area contributed by atoms with Crippen LogP contribution in [-0.4, -0.2) is 49.7 Å². The van der Waals surface area contributed by atoms with Crippen molar-refractivity contribution in [1.29, 1.82) is 0 Å². The Labute approximate surface area is 173 Å². The molecular formula is C24H31N3O2. The Morgan fingerprint density at radius 3 is 2.59 bits per heavy atom. The smallest absolute Gasteiger partial charge is 0.243 e. The fraction of sp³-hybridized carbons (Fsp3) is 0.458. The topological polar surface area (TPSA) is 44.8 Å². The second-order valence-corrected chi connectivity index (χ2v) is 7.98. The first-order valence-electron chi connectivity index (χ1n) is 10.7. The molecule has 2 heterocycles. The van der Waals surface area contributed by atoms with Crippen LogP contribution < -0.4 is 10.2 Å². The molecule has 0 aliphatic carbocycles. The van der Waals surface area contributed by atoms with E-state index >= 15 is 0 Å². The number of morpholine rings is 1. The molecule has 1 fully saturated rings. The van der Waals surface area contributed by atoms with Gasteiger partial charge in [-0.15, -0.1) is 0 Å². The highest BCUT2D eigenvalue weighted by atomic mass is 16.5. The van der Waals surface area contributed by atoms with E-state index in [-0.39, 0.29) is 11.9 Å². The van der Waals surface area contributed by atoms with Gasteiger partial charge in [0.1, 0.15) is 0 Å². The number of hydrogen-bond donors (Lipinski definition) is 1. The Hall–Kier alpha value is -2.21. The number of para-hydroxylation sites is 1. The molecule has 2 aromatic carbocycles. The zero-order chi connectivity index (χ0) is 20.1. The molecule has 4 rings (SSSR count). The Kier molecular flexibility index (Phi) is 6.60. The maximum Gasteiger partial charge on any atom is 0.243 e. The minimum absolute atomic E-state index is 0.155. The number of hydrogen-bond acceptors (Lipinski definition) is 4. The van der Waals surface area contributed by atoms with E-state index in [0.29, 0.717) is 6.54 Å². The summed E-state index contributed by atoms with van der Waals surface area (Å²) in [4.78, 5) is 17.5. The Bertz CT molecular complexity index is 832. The predicted molar refractivity (Wildman–Crippen MR) is 116 cm³/mol. The van der Waals surface area contributed by atoms with Crippen LogP contribution in [0.4, 0.5) is 5.69 Å². The molecule has 0 spiro atoms. The van der Waals surface area contributed by atoms with Gasteiger partial charge in [0.25, 0.3) is 0 Å². The minimum atomic E-state index is -0.224. The highest BCUT2D eigenvalue weighted by Crippen LogP contribution is 2.27. The summed E-state index contributed by atoms with van der Waals surface area (Å²) in [6.07, 6.45) is 2.08. The van der Waals surface area contributed by atoms with E-state index in [1.807, 2.05) is 17.9 Å². The summed E-state index contributed by atoms with van der Waals surface area (Å²) >= 11 is 0. The lowest BCUT2D eigenvalue weighted by atomic mass is 10.0. The molecule has 2 aromatic rings. The van der Waals surface area contributed by atoms with Gasteiger partial charge in [-0.1, -0.05) is 42.5 Å². The number of carbonyl (C=O) groups excluding carboxylic acids is 1. The van der Waals surface area contributed by atoms with Crippen LogP contribution in [0.1, 0.15) is 30.0 Å². The van der Waals surface area contributed by atoms with Crippen molar-refractivity contribution in [2.75, 3.05) is 37.7 Å². The molecule has 1 atom stereocenters. The average Bonchev–Trinajstić information content (AvgIpc) is 2.78. The monoisotopic (exact) mass is 393 g/mol. The molecule has 0 bridgehead atoms. The molecule has 1 amide bonds. The van der Waals surface area contributed by atoms with Crippen LogP contribution in [0.25, 0.3) is 0 Å². The molecule has 2 aliphatic heterocycles. The van der Waals surface area contributed by atoms with Crippen molar-refractivity contribution in [3.05, 3.63) is 65.2 Å². The van der Waals surface area contributed by atoms with E-state index in [2.05, 4.69) is 52.7 Å². The van der Waals surface area contributed by atoms with E-state index in [9.17, 15) is 4.79 Å². The molecule has 29 heavy (non-hydrogen) atoms. The number of aryl methyl sites for hydroxylation is 1. The Morgan fingerprint density at radius 2 is 1.76 bits per heavy atom. The van der Waals surface area contributed by atoms with E-state index in [1.54, 1.807) is 0 Å². The number of nitrogens with zero attached hydrogens (tertiary/aromatic N) is 2. The fourth-order valence-electron chi connectivity index (χ4n) is 4.23. The number of nitrogens with one attached hydrogen (secondary N) is 1. The minimum Gasteiger partial charge on any atom is -0.379 e. The normalized spacial score (nSPS) is 18.3. The lowest BCUT2D eigenvalue weighted by Gasteiger charge is -2.32. The van der Waals surface area contributed by atoms with E-state index in [0.717, 1.165) is 57.9 Å². The van der Waals surface area contributed by atoms with E-state index < -0.39 is 0 Å². The Morgan fingerprint density at radius 1 is 1.03 bits per heavy atom. The molecule has 5 heteroatoms. The second kappa shape index (κ2) is 9.53. The Balaban J connectivity index is 1.39. The van der Waals surface area contributed by atoms with Crippen molar-refractivity contribution >= 4 is 11.6 Å². The average molecular weight is 394 g/mol. The highest BCUT2D eigenvalue weighted by molar-refractivity contribution is 5.98. The zero-order valence-corrected chi connectivity index (χ0v) is 17.3. The second-order valence-electron chi connectivity index (χ2n) is 7.98. The van der Waals surface area contributed by atoms with Crippen molar-refractivity contribution in [1.82, 2.24) is 10.2 Å². The van der Waals surface area contributed by atoms with Crippen molar-refractivity contribution in [3.63, 3.8) is 0 Å². The molecule has 1 N–H and O–H groups in total. The number of anilines is 1. The van der Waals surface area contributed by atoms with Gasteiger partial charge in [0.2, 0.25) is 5.91 Å². The largest absolute Gasteiger partial charge is 0.379 e. The highest BCUT2D eigenvalue weighted by Gasteiger charge is 2.26. The lowest BCUT2D eigenvalue weighted by molar-refractivity contribution is -0.120. The summed E-state index contributed by atoms with van der Waals surface area (Å²) in [6.45, 7) is 7.98. The van der Waals surface area contributed by atoms with Crippen LogP contribution in [0.15, 0.2) is 48.5 Å². The first kappa shape index (κ1) is 20.1. The SMILES string of the molecule is CC(NCc1ccccc1CN1CCOCC1)C(=O)N1CCCc2ccccc21. The van der Waals surface area contributed by atoms with Gasteiger partial charge in [-0.25, -0.2) is 0 Å². The molecule has 0 saturated carbocycles. The number of ether oxygens (including phenoxy) is 1. The van der Waals surface area contributed by atoms with E-state index in [4.69, 9.17) is 4.74 Å². The van der Waals surface area contributed by atoms with Crippen molar-refractivity contribution < 1.29 is 9.53 Å². The third-order valence-corrected chi connectivity index (χ3v) is 5.96. The molecule has 0 radical (unpaired) electrons. The molecule has 1 saturated heterocycles. The maximum absolute atomic E-state index is 13.1. The summed E-state index contributed by atoms with van der Waals surface area (Å²) in [5, 5.41) is 3.47. The molecule has 2 aliphatic rings. The number of benzene rings is 2. The molecule has 1 unspecified atom stereocenters. The first-order valence-corrected chi connectivity index (χ1v) is 10.7. The zero-order valence-electron chi connectivity index (χ0n) is 17.3. The quantitative estimate of drug-likeness (QED) is 0.820. The number of rotatable bonds is 6. The third kappa shape index (κ3) is 4.86. The van der Waals surface area contributed by atoms with Crippen molar-refractivity contribution in [2.24, 2.45) is 0 Å². The van der Waals surface area contributed by atoms with Gasteiger partial charge in [-0.2, -0.15) is 0 Å². The van der Waals surface area contributed by atoms with Crippen LogP contribution >= 0.6 is 0 Å². The number of amides is 1. The van der Waals surface area contributed by atoms with Crippen LogP contribution in [0.3, 0.4) is 0 Å². The van der Waals surface area contributed by atoms with Crippen LogP contribution in [0.5, 0.6) is 0 Å². The standard InChI is InChI=1S/C24H31N3O2/c1-19(24(28)27-12-6-10-20-7-4-5-11-23(20)27)25-17-21-8-2-3-9-22(21)18-26-13-15-29-16-14-26/h2-5,7-9,11,19,25H,6,10,12-18H2,1H3. The molecular weight excluding hydrogens is 362 g/mol. The molecule has 154 valence electrons. The summed E-state index contributed by atoms with van der Waals surface area (Å²) in [5.74, 6) is 0.155.